The highest BCUT2D eigenvalue weighted by molar-refractivity contribution is 5.82. The van der Waals surface area contributed by atoms with E-state index in [4.69, 9.17) is 9.52 Å². The molecule has 1 heterocycles. The van der Waals surface area contributed by atoms with Gasteiger partial charge in [0.05, 0.1) is 19.4 Å². The van der Waals surface area contributed by atoms with E-state index in [1.807, 2.05) is 0 Å². The summed E-state index contributed by atoms with van der Waals surface area (Å²) >= 11 is 0. The van der Waals surface area contributed by atoms with Crippen molar-refractivity contribution < 1.29 is 32.3 Å². The predicted octanol–water partition coefficient (Wildman–Crippen LogP) is 1.23. The van der Waals surface area contributed by atoms with Gasteiger partial charge in [0.1, 0.15) is 5.76 Å². The molecule has 0 fully saturated rings. The van der Waals surface area contributed by atoms with Crippen LogP contribution in [0.25, 0.3) is 0 Å². The molecular formula is C12H15F3N2O4. The molecular weight excluding hydrogens is 293 g/mol. The molecule has 0 aromatic carbocycles. The maximum absolute atomic E-state index is 12.7. The molecule has 0 aliphatic carbocycles. The maximum atomic E-state index is 12.7. The Morgan fingerprint density at radius 1 is 1.43 bits per heavy atom. The maximum Gasteiger partial charge on any atom is 0.417 e. The van der Waals surface area contributed by atoms with Crippen LogP contribution in [-0.4, -0.2) is 47.2 Å². The van der Waals surface area contributed by atoms with Gasteiger partial charge in [0, 0.05) is 7.05 Å². The van der Waals surface area contributed by atoms with Crippen LogP contribution in [0, 0.1) is 0 Å². The van der Waals surface area contributed by atoms with Crippen LogP contribution in [0.1, 0.15) is 12.7 Å². The Labute approximate surface area is 118 Å². The summed E-state index contributed by atoms with van der Waals surface area (Å²) in [7, 11) is 1.37. The van der Waals surface area contributed by atoms with E-state index in [1.54, 1.807) is 17.4 Å². The van der Waals surface area contributed by atoms with Crippen LogP contribution in [0.3, 0.4) is 0 Å². The van der Waals surface area contributed by atoms with E-state index in [9.17, 15) is 22.8 Å². The van der Waals surface area contributed by atoms with Crippen LogP contribution < -0.4 is 5.32 Å². The van der Waals surface area contributed by atoms with Crippen LogP contribution in [0.2, 0.25) is 0 Å². The molecule has 0 bridgehead atoms. The highest BCUT2D eigenvalue weighted by atomic mass is 19.4. The Morgan fingerprint density at radius 3 is 2.48 bits per heavy atom. The van der Waals surface area contributed by atoms with E-state index in [0.717, 1.165) is 4.90 Å². The number of hydrogen-bond donors (Lipinski definition) is 2. The topological polar surface area (TPSA) is 82.8 Å². The van der Waals surface area contributed by atoms with E-state index in [1.165, 1.54) is 13.3 Å². The van der Waals surface area contributed by atoms with Gasteiger partial charge in [0.2, 0.25) is 11.4 Å². The number of carbonyl (C=O) groups is 2. The lowest BCUT2D eigenvalue weighted by atomic mass is 10.0. The van der Waals surface area contributed by atoms with Crippen molar-refractivity contribution in [1.82, 2.24) is 10.2 Å². The van der Waals surface area contributed by atoms with E-state index in [2.05, 4.69) is 0 Å². The summed E-state index contributed by atoms with van der Waals surface area (Å²) in [5.41, 5.74) is -3.19. The second kappa shape index (κ2) is 6.17. The second-order valence-electron chi connectivity index (χ2n) is 4.61. The van der Waals surface area contributed by atoms with E-state index in [-0.39, 0.29) is 6.54 Å². The molecule has 0 saturated carbocycles. The molecule has 0 spiro atoms. The number of halogens is 3. The van der Waals surface area contributed by atoms with E-state index >= 15 is 0 Å². The van der Waals surface area contributed by atoms with Gasteiger partial charge >= 0.3 is 12.1 Å². The van der Waals surface area contributed by atoms with Gasteiger partial charge in [-0.05, 0) is 19.1 Å². The third-order valence-corrected chi connectivity index (χ3v) is 2.99. The summed E-state index contributed by atoms with van der Waals surface area (Å²) in [5.74, 6) is -2.33. The smallest absolute Gasteiger partial charge is 0.417 e. The quantitative estimate of drug-likeness (QED) is 0.826. The molecule has 1 rings (SSSR count). The Kier molecular flexibility index (Phi) is 5.00. The molecule has 0 aliphatic heterocycles. The number of amides is 1. The lowest BCUT2D eigenvalue weighted by Crippen LogP contribution is -2.61. The van der Waals surface area contributed by atoms with Crippen LogP contribution in [0.4, 0.5) is 13.2 Å². The minimum absolute atomic E-state index is 0.0727. The normalized spacial score (nSPS) is 14.5. The molecule has 118 valence electrons. The van der Waals surface area contributed by atoms with Gasteiger partial charge in [-0.25, -0.2) is 4.79 Å². The van der Waals surface area contributed by atoms with Gasteiger partial charge in [0.15, 0.2) is 0 Å². The molecule has 1 amide bonds. The fourth-order valence-electron chi connectivity index (χ4n) is 1.41. The van der Waals surface area contributed by atoms with Crippen LogP contribution >= 0.6 is 0 Å². The average molecular weight is 308 g/mol. The largest absolute Gasteiger partial charge is 0.480 e. The molecule has 0 radical (unpaired) electrons. The van der Waals surface area contributed by atoms with Crippen LogP contribution in [-0.2, 0) is 16.1 Å². The van der Waals surface area contributed by atoms with Crippen molar-refractivity contribution in [3.8, 4) is 0 Å². The number of nitrogens with one attached hydrogen (secondary N) is 1. The molecule has 2 N–H and O–H groups in total. The molecule has 0 aliphatic rings. The number of carbonyl (C=O) groups excluding carboxylic acids is 1. The number of nitrogens with zero attached hydrogens (tertiary/aromatic N) is 1. The lowest BCUT2D eigenvalue weighted by Gasteiger charge is -2.29. The summed E-state index contributed by atoms with van der Waals surface area (Å²) < 4.78 is 43.2. The third-order valence-electron chi connectivity index (χ3n) is 2.99. The number of carboxylic acid groups (broad SMARTS) is 1. The van der Waals surface area contributed by atoms with Crippen LogP contribution in [0.5, 0.6) is 0 Å². The van der Waals surface area contributed by atoms with E-state index in [0.29, 0.717) is 12.7 Å². The standard InChI is InChI=1S/C12H15F3N2O4/c1-11(10(19)20,12(13,14)15)16-6-9(18)17(2)7-8-4-3-5-21-8/h3-5,16H,6-7H2,1-2H3,(H,19,20). The van der Waals surface area contributed by atoms with E-state index < -0.39 is 30.1 Å². The minimum Gasteiger partial charge on any atom is -0.480 e. The SMILES string of the molecule is CN(Cc1ccco1)C(=O)CNC(C)(C(=O)O)C(F)(F)F. The fraction of sp³-hybridized carbons (Fsp3) is 0.500. The number of aliphatic carboxylic acids is 1. The fourth-order valence-corrected chi connectivity index (χ4v) is 1.41. The van der Waals surface area contributed by atoms with Gasteiger partial charge in [-0.15, -0.1) is 0 Å². The lowest BCUT2D eigenvalue weighted by molar-refractivity contribution is -0.205. The Bertz CT molecular complexity index is 501. The van der Waals surface area contributed by atoms with Gasteiger partial charge in [-0.1, -0.05) is 0 Å². The first-order valence-electron chi connectivity index (χ1n) is 5.89. The van der Waals surface area contributed by atoms with Crippen molar-refractivity contribution in [2.75, 3.05) is 13.6 Å². The van der Waals surface area contributed by atoms with Gasteiger partial charge in [-0.3, -0.25) is 10.1 Å². The van der Waals surface area contributed by atoms with Crippen molar-refractivity contribution in [1.29, 1.82) is 0 Å². The number of alkyl halides is 3. The number of carboxylic acids is 1. The van der Waals surface area contributed by atoms with Crippen molar-refractivity contribution in [3.63, 3.8) is 0 Å². The second-order valence-corrected chi connectivity index (χ2v) is 4.61. The van der Waals surface area contributed by atoms with Gasteiger partial charge in [0.25, 0.3) is 0 Å². The van der Waals surface area contributed by atoms with Crippen molar-refractivity contribution >= 4 is 11.9 Å². The zero-order valence-electron chi connectivity index (χ0n) is 11.4. The number of likely N-dealkylation sites (N-methyl/N-ethyl adjacent to an activating group) is 1. The summed E-state index contributed by atoms with van der Waals surface area (Å²) in [4.78, 5) is 23.6. The molecule has 21 heavy (non-hydrogen) atoms. The summed E-state index contributed by atoms with van der Waals surface area (Å²) in [5, 5.41) is 10.5. The summed E-state index contributed by atoms with van der Waals surface area (Å²) in [6, 6.07) is 3.21. The minimum atomic E-state index is -5.03. The number of rotatable bonds is 6. The molecule has 1 aromatic heterocycles. The third kappa shape index (κ3) is 3.97. The first-order chi connectivity index (χ1) is 9.58. The first kappa shape index (κ1) is 17.0. The van der Waals surface area contributed by atoms with Gasteiger partial charge < -0.3 is 14.4 Å². The molecule has 6 nitrogen and oxygen atoms in total. The molecule has 1 atom stereocenters. The van der Waals surface area contributed by atoms with Crippen LogP contribution in [0.15, 0.2) is 22.8 Å². The van der Waals surface area contributed by atoms with Gasteiger partial charge in [-0.2, -0.15) is 13.2 Å². The molecule has 0 saturated heterocycles. The monoisotopic (exact) mass is 308 g/mol. The predicted molar refractivity (Wildman–Crippen MR) is 65.3 cm³/mol. The first-order valence-corrected chi connectivity index (χ1v) is 5.89. The zero-order valence-corrected chi connectivity index (χ0v) is 11.4. The average Bonchev–Trinajstić information content (AvgIpc) is 2.86. The molecule has 9 heteroatoms. The number of furan rings is 1. The highest BCUT2D eigenvalue weighted by Gasteiger charge is 2.57. The van der Waals surface area contributed by atoms with Crippen molar-refractivity contribution in [2.24, 2.45) is 0 Å². The summed E-state index contributed by atoms with van der Waals surface area (Å²) in [6.45, 7) is -0.224. The Balaban J connectivity index is 2.64. The molecule has 1 unspecified atom stereocenters. The number of hydrogen-bond acceptors (Lipinski definition) is 4. The Hall–Kier alpha value is -2.03. The molecule has 1 aromatic rings. The Morgan fingerprint density at radius 2 is 2.05 bits per heavy atom. The zero-order chi connectivity index (χ0) is 16.3. The van der Waals surface area contributed by atoms with Crippen molar-refractivity contribution in [2.45, 2.75) is 25.2 Å². The van der Waals surface area contributed by atoms with Crippen molar-refractivity contribution in [3.05, 3.63) is 24.2 Å². The highest BCUT2D eigenvalue weighted by Crippen LogP contribution is 2.30. The summed E-state index contributed by atoms with van der Waals surface area (Å²) in [6.07, 6.45) is -3.63.